The molecule has 6 N–H and O–H groups in total. The van der Waals surface area contributed by atoms with Crippen LogP contribution in [0, 0.1) is 22.7 Å². The SMILES string of the molecule is C=C1CCC2C(C)(COC3OC(CO)C(O)C(O)C3O)CCCC2(C)C1CC/C(=C/CO)CO. The average Bonchev–Trinajstić information content (AvgIpc) is 2.80. The predicted molar refractivity (Wildman–Crippen MR) is 127 cm³/mol. The van der Waals surface area contributed by atoms with Crippen molar-refractivity contribution < 1.29 is 40.1 Å². The van der Waals surface area contributed by atoms with Crippen molar-refractivity contribution >= 4 is 0 Å². The highest BCUT2D eigenvalue weighted by molar-refractivity contribution is 5.17. The lowest BCUT2D eigenvalue weighted by molar-refractivity contribution is -0.309. The number of allylic oxidation sites excluding steroid dienone is 1. The number of aliphatic hydroxyl groups is 6. The zero-order valence-electron chi connectivity index (χ0n) is 20.6. The minimum atomic E-state index is -1.45. The first-order chi connectivity index (χ1) is 16.1. The number of aliphatic hydroxyl groups excluding tert-OH is 6. The van der Waals surface area contributed by atoms with E-state index in [9.17, 15) is 30.6 Å². The summed E-state index contributed by atoms with van der Waals surface area (Å²) < 4.78 is 11.6. The van der Waals surface area contributed by atoms with Gasteiger partial charge in [-0.1, -0.05) is 38.5 Å². The molecule has 196 valence electrons. The summed E-state index contributed by atoms with van der Waals surface area (Å²) in [4.78, 5) is 0. The number of hydrogen-bond donors (Lipinski definition) is 6. The second kappa shape index (κ2) is 11.5. The summed E-state index contributed by atoms with van der Waals surface area (Å²) in [5, 5.41) is 58.8. The largest absolute Gasteiger partial charge is 0.394 e. The van der Waals surface area contributed by atoms with Crippen molar-refractivity contribution in [2.24, 2.45) is 22.7 Å². The van der Waals surface area contributed by atoms with E-state index in [0.717, 1.165) is 50.5 Å². The van der Waals surface area contributed by atoms with Crippen LogP contribution < -0.4 is 0 Å². The highest BCUT2D eigenvalue weighted by atomic mass is 16.7. The second-order valence-corrected chi connectivity index (χ2v) is 11.1. The molecule has 0 aromatic heterocycles. The smallest absolute Gasteiger partial charge is 0.186 e. The molecule has 8 heteroatoms. The van der Waals surface area contributed by atoms with Gasteiger partial charge in [0, 0.05) is 0 Å². The third kappa shape index (κ3) is 5.44. The van der Waals surface area contributed by atoms with E-state index < -0.39 is 37.3 Å². The molecule has 8 nitrogen and oxygen atoms in total. The van der Waals surface area contributed by atoms with Gasteiger partial charge in [0.15, 0.2) is 6.29 Å². The molecule has 0 aromatic carbocycles. The molecule has 3 fully saturated rings. The molecule has 9 atom stereocenters. The average molecular weight is 485 g/mol. The Kier molecular flexibility index (Phi) is 9.36. The fourth-order valence-corrected chi connectivity index (χ4v) is 6.97. The quantitative estimate of drug-likeness (QED) is 0.269. The topological polar surface area (TPSA) is 140 Å². The lowest BCUT2D eigenvalue weighted by atomic mass is 9.47. The van der Waals surface area contributed by atoms with Crippen molar-refractivity contribution in [2.45, 2.75) is 89.5 Å². The van der Waals surface area contributed by atoms with Crippen LogP contribution in [0.3, 0.4) is 0 Å². The van der Waals surface area contributed by atoms with E-state index in [-0.39, 0.29) is 24.0 Å². The maximum absolute atomic E-state index is 10.4. The Labute approximate surface area is 202 Å². The maximum atomic E-state index is 10.4. The van der Waals surface area contributed by atoms with Crippen LogP contribution in [-0.4, -0.2) is 87.8 Å². The highest BCUT2D eigenvalue weighted by Gasteiger charge is 2.55. The summed E-state index contributed by atoms with van der Waals surface area (Å²) >= 11 is 0. The Hall–Kier alpha value is -0.840. The summed E-state index contributed by atoms with van der Waals surface area (Å²) in [6.45, 7) is 8.69. The Morgan fingerprint density at radius 1 is 1.12 bits per heavy atom. The van der Waals surface area contributed by atoms with Gasteiger partial charge in [-0.3, -0.25) is 0 Å². The summed E-state index contributed by atoms with van der Waals surface area (Å²) in [5.74, 6) is 0.653. The molecule has 3 aliphatic rings. The van der Waals surface area contributed by atoms with Crippen molar-refractivity contribution in [2.75, 3.05) is 26.4 Å². The number of ether oxygens (including phenoxy) is 2. The Balaban J connectivity index is 1.73. The molecule has 0 bridgehead atoms. The maximum Gasteiger partial charge on any atom is 0.186 e. The molecule has 3 rings (SSSR count). The van der Waals surface area contributed by atoms with Crippen LogP contribution in [0.5, 0.6) is 0 Å². The standard InChI is InChI=1S/C26H44O8/c1-16-5-8-20-25(2,15-33-24-23(32)22(31)21(30)19(14-29)34-24)10-4-11-26(20,3)18(16)7-6-17(13-28)9-12-27/h9,18-24,27-32H,1,4-8,10-15H2,2-3H3/b17-9-. The molecule has 34 heavy (non-hydrogen) atoms. The van der Waals surface area contributed by atoms with Crippen LogP contribution in [0.25, 0.3) is 0 Å². The van der Waals surface area contributed by atoms with Gasteiger partial charge in [-0.05, 0) is 66.8 Å². The molecular weight excluding hydrogens is 440 g/mol. The Morgan fingerprint density at radius 2 is 1.85 bits per heavy atom. The Bertz CT molecular complexity index is 724. The van der Waals surface area contributed by atoms with E-state index in [0.29, 0.717) is 18.4 Å². The van der Waals surface area contributed by atoms with Gasteiger partial charge in [-0.15, -0.1) is 0 Å². The van der Waals surface area contributed by atoms with Gasteiger partial charge in [0.2, 0.25) is 0 Å². The van der Waals surface area contributed by atoms with Gasteiger partial charge in [-0.2, -0.15) is 0 Å². The Morgan fingerprint density at radius 3 is 2.50 bits per heavy atom. The minimum Gasteiger partial charge on any atom is -0.394 e. The normalized spacial score (nSPS) is 43.6. The van der Waals surface area contributed by atoms with Crippen LogP contribution in [0.4, 0.5) is 0 Å². The molecule has 0 aromatic rings. The predicted octanol–water partition coefficient (Wildman–Crippen LogP) is 1.27. The van der Waals surface area contributed by atoms with Gasteiger partial charge in [0.05, 0.1) is 26.4 Å². The van der Waals surface area contributed by atoms with Gasteiger partial charge < -0.3 is 40.1 Å². The van der Waals surface area contributed by atoms with Crippen LogP contribution >= 0.6 is 0 Å². The highest BCUT2D eigenvalue weighted by Crippen LogP contribution is 2.62. The van der Waals surface area contributed by atoms with E-state index in [2.05, 4.69) is 20.4 Å². The van der Waals surface area contributed by atoms with E-state index in [1.54, 1.807) is 6.08 Å². The van der Waals surface area contributed by atoms with E-state index in [4.69, 9.17) is 9.47 Å². The summed E-state index contributed by atoms with van der Waals surface area (Å²) in [7, 11) is 0. The van der Waals surface area contributed by atoms with Gasteiger partial charge >= 0.3 is 0 Å². The van der Waals surface area contributed by atoms with Crippen LogP contribution in [0.15, 0.2) is 23.8 Å². The molecule has 2 saturated carbocycles. The second-order valence-electron chi connectivity index (χ2n) is 11.1. The van der Waals surface area contributed by atoms with E-state index in [1.165, 1.54) is 5.57 Å². The van der Waals surface area contributed by atoms with Gasteiger partial charge in [-0.25, -0.2) is 0 Å². The number of fused-ring (bicyclic) bond motifs is 1. The molecular formula is C26H44O8. The van der Waals surface area contributed by atoms with Crippen molar-refractivity contribution in [1.82, 2.24) is 0 Å². The third-order valence-electron chi connectivity index (χ3n) is 8.91. The first-order valence-electron chi connectivity index (χ1n) is 12.6. The zero-order valence-corrected chi connectivity index (χ0v) is 20.6. The summed E-state index contributed by atoms with van der Waals surface area (Å²) in [6, 6.07) is 0. The molecule has 0 spiro atoms. The fraction of sp³-hybridized carbons (Fsp3) is 0.846. The first kappa shape index (κ1) is 27.7. The molecule has 2 aliphatic carbocycles. The molecule has 0 radical (unpaired) electrons. The van der Waals surface area contributed by atoms with Crippen LogP contribution in [0.1, 0.15) is 58.8 Å². The molecule has 1 saturated heterocycles. The fourth-order valence-electron chi connectivity index (χ4n) is 6.97. The number of rotatable bonds is 9. The van der Waals surface area contributed by atoms with Crippen molar-refractivity contribution in [1.29, 1.82) is 0 Å². The monoisotopic (exact) mass is 484 g/mol. The van der Waals surface area contributed by atoms with Crippen LogP contribution in [-0.2, 0) is 9.47 Å². The lowest BCUT2D eigenvalue weighted by Crippen LogP contribution is -2.60. The zero-order chi connectivity index (χ0) is 25.1. The van der Waals surface area contributed by atoms with Crippen molar-refractivity contribution in [3.05, 3.63) is 23.8 Å². The minimum absolute atomic E-state index is 0.0147. The summed E-state index contributed by atoms with van der Waals surface area (Å²) in [5.41, 5.74) is 1.94. The molecule has 9 unspecified atom stereocenters. The van der Waals surface area contributed by atoms with Crippen molar-refractivity contribution in [3.63, 3.8) is 0 Å². The molecule has 0 amide bonds. The molecule has 1 aliphatic heterocycles. The molecule has 1 heterocycles. The lowest BCUT2D eigenvalue weighted by Gasteiger charge is -2.59. The van der Waals surface area contributed by atoms with E-state index >= 15 is 0 Å². The van der Waals surface area contributed by atoms with Gasteiger partial charge in [0.25, 0.3) is 0 Å². The number of hydrogen-bond acceptors (Lipinski definition) is 8. The first-order valence-corrected chi connectivity index (χ1v) is 12.6. The van der Waals surface area contributed by atoms with Gasteiger partial charge in [0.1, 0.15) is 24.4 Å². The third-order valence-corrected chi connectivity index (χ3v) is 8.91. The van der Waals surface area contributed by atoms with E-state index in [1.807, 2.05) is 0 Å². The van der Waals surface area contributed by atoms with Crippen molar-refractivity contribution in [3.8, 4) is 0 Å². The van der Waals surface area contributed by atoms with Crippen LogP contribution in [0.2, 0.25) is 0 Å². The summed E-state index contributed by atoms with van der Waals surface area (Å²) in [6.07, 6.45) is 1.94.